The maximum absolute atomic E-state index is 6.06. The molecule has 0 bridgehead atoms. The van der Waals surface area contributed by atoms with E-state index in [-0.39, 0.29) is 11.7 Å². The lowest BCUT2D eigenvalue weighted by Crippen LogP contribution is -2.39. The Hall–Kier alpha value is -1.30. The van der Waals surface area contributed by atoms with Gasteiger partial charge in [-0.05, 0) is 37.3 Å². The molecule has 0 saturated carbocycles. The van der Waals surface area contributed by atoms with Gasteiger partial charge in [-0.15, -0.1) is 6.42 Å². The van der Waals surface area contributed by atoms with Gasteiger partial charge in [-0.3, -0.25) is 0 Å². The molecular formula is C16H18O2. The number of hydrogen-bond acceptors (Lipinski definition) is 2. The lowest BCUT2D eigenvalue weighted by atomic mass is 9.76. The zero-order valence-corrected chi connectivity index (χ0v) is 10.7. The summed E-state index contributed by atoms with van der Waals surface area (Å²) in [7, 11) is 0. The number of benzene rings is 1. The van der Waals surface area contributed by atoms with Crippen LogP contribution in [0.25, 0.3) is 0 Å². The first-order valence-electron chi connectivity index (χ1n) is 6.55. The lowest BCUT2D eigenvalue weighted by Gasteiger charge is -2.37. The average Bonchev–Trinajstić information content (AvgIpc) is 3.21. The van der Waals surface area contributed by atoms with Gasteiger partial charge in [0.25, 0.3) is 0 Å². The van der Waals surface area contributed by atoms with Crippen LogP contribution in [0.5, 0.6) is 0 Å². The molecule has 0 N–H and O–H groups in total. The van der Waals surface area contributed by atoms with Gasteiger partial charge in [-0.2, -0.15) is 0 Å². The van der Waals surface area contributed by atoms with Crippen LogP contribution in [0, 0.1) is 19.3 Å². The van der Waals surface area contributed by atoms with E-state index in [0.29, 0.717) is 6.61 Å². The molecule has 2 nitrogen and oxygen atoms in total. The lowest BCUT2D eigenvalue weighted by molar-refractivity contribution is -0.0663. The van der Waals surface area contributed by atoms with E-state index < -0.39 is 0 Å². The maximum atomic E-state index is 6.06. The zero-order chi connectivity index (χ0) is 12.6. The topological polar surface area (TPSA) is 21.8 Å². The Bertz CT molecular complexity index is 496. The second-order valence-corrected chi connectivity index (χ2v) is 5.22. The van der Waals surface area contributed by atoms with Crippen LogP contribution in [0.15, 0.2) is 18.2 Å². The molecule has 94 valence electrons. The monoisotopic (exact) mass is 242 g/mol. The first kappa shape index (κ1) is 11.8. The summed E-state index contributed by atoms with van der Waals surface area (Å²) in [4.78, 5) is 0. The van der Waals surface area contributed by atoms with Crippen LogP contribution in [0.1, 0.15) is 29.5 Å². The Kier molecular flexibility index (Phi) is 2.89. The van der Waals surface area contributed by atoms with Gasteiger partial charge < -0.3 is 9.47 Å². The van der Waals surface area contributed by atoms with Crippen LogP contribution in [-0.4, -0.2) is 19.3 Å². The minimum absolute atomic E-state index is 0.187. The second kappa shape index (κ2) is 4.42. The van der Waals surface area contributed by atoms with E-state index in [1.54, 1.807) is 0 Å². The SMILES string of the molecule is C#CCOC1(C2CO2)CCCc2ccc(C)cc21. The zero-order valence-electron chi connectivity index (χ0n) is 10.7. The molecule has 1 aromatic rings. The van der Waals surface area contributed by atoms with Gasteiger partial charge in [0.2, 0.25) is 0 Å². The minimum atomic E-state index is -0.300. The number of rotatable bonds is 3. The molecule has 1 aliphatic carbocycles. The summed E-state index contributed by atoms with van der Waals surface area (Å²) in [5.41, 5.74) is 3.65. The van der Waals surface area contributed by atoms with Gasteiger partial charge in [0, 0.05) is 0 Å². The normalized spacial score (nSPS) is 29.4. The number of hydrogen-bond donors (Lipinski definition) is 0. The molecule has 1 aliphatic heterocycles. The summed E-state index contributed by atoms with van der Waals surface area (Å²) in [6.07, 6.45) is 8.82. The number of epoxide rings is 1. The third-order valence-electron chi connectivity index (χ3n) is 3.98. The number of aryl methyl sites for hydroxylation is 2. The average molecular weight is 242 g/mol. The van der Waals surface area contributed by atoms with Crippen LogP contribution >= 0.6 is 0 Å². The van der Waals surface area contributed by atoms with E-state index in [1.165, 1.54) is 16.7 Å². The van der Waals surface area contributed by atoms with Gasteiger partial charge in [-0.1, -0.05) is 29.7 Å². The molecule has 18 heavy (non-hydrogen) atoms. The fraction of sp³-hybridized carbons (Fsp3) is 0.500. The minimum Gasteiger partial charge on any atom is -0.370 e. The summed E-state index contributed by atoms with van der Waals surface area (Å²) in [5.74, 6) is 2.59. The van der Waals surface area contributed by atoms with Crippen molar-refractivity contribution in [1.82, 2.24) is 0 Å². The smallest absolute Gasteiger partial charge is 0.123 e. The van der Waals surface area contributed by atoms with Crippen molar-refractivity contribution in [3.05, 3.63) is 34.9 Å². The van der Waals surface area contributed by atoms with E-state index in [1.807, 2.05) is 0 Å². The van der Waals surface area contributed by atoms with Gasteiger partial charge in [0.15, 0.2) is 0 Å². The Morgan fingerprint density at radius 3 is 3.11 bits per heavy atom. The van der Waals surface area contributed by atoms with E-state index in [9.17, 15) is 0 Å². The molecule has 2 unspecified atom stereocenters. The first-order valence-corrected chi connectivity index (χ1v) is 6.55. The molecule has 0 amide bonds. The van der Waals surface area contributed by atoms with Gasteiger partial charge in [-0.25, -0.2) is 0 Å². The fourth-order valence-corrected chi connectivity index (χ4v) is 3.04. The first-order chi connectivity index (χ1) is 8.76. The van der Waals surface area contributed by atoms with Crippen molar-refractivity contribution in [2.75, 3.05) is 13.2 Å². The molecule has 2 atom stereocenters. The molecule has 3 rings (SSSR count). The van der Waals surface area contributed by atoms with E-state index in [4.69, 9.17) is 15.9 Å². The highest BCUT2D eigenvalue weighted by Gasteiger charge is 2.51. The number of terminal acetylenes is 1. The van der Waals surface area contributed by atoms with Crippen molar-refractivity contribution < 1.29 is 9.47 Å². The third kappa shape index (κ3) is 1.84. The predicted molar refractivity (Wildman–Crippen MR) is 70.3 cm³/mol. The van der Waals surface area contributed by atoms with Crippen LogP contribution in [0.4, 0.5) is 0 Å². The van der Waals surface area contributed by atoms with E-state index in [2.05, 4.69) is 31.0 Å². The molecule has 0 radical (unpaired) electrons. The predicted octanol–water partition coefficient (Wildman–Crippen LogP) is 2.58. The summed E-state index contributed by atoms with van der Waals surface area (Å²) in [6, 6.07) is 6.64. The quantitative estimate of drug-likeness (QED) is 0.600. The highest BCUT2D eigenvalue weighted by Crippen LogP contribution is 2.46. The molecule has 1 aromatic carbocycles. The summed E-state index contributed by atoms with van der Waals surface area (Å²) in [6.45, 7) is 3.26. The standard InChI is InChI=1S/C16H18O2/c1-3-9-18-16(15-11-17-15)8-4-5-13-7-6-12(2)10-14(13)16/h1,6-7,10,15H,4-5,8-9,11H2,2H3. The van der Waals surface area contributed by atoms with E-state index in [0.717, 1.165) is 25.9 Å². The van der Waals surface area contributed by atoms with Gasteiger partial charge >= 0.3 is 0 Å². The summed E-state index contributed by atoms with van der Waals surface area (Å²) < 4.78 is 11.6. The maximum Gasteiger partial charge on any atom is 0.123 e. The molecule has 0 aromatic heterocycles. The second-order valence-electron chi connectivity index (χ2n) is 5.22. The van der Waals surface area contributed by atoms with E-state index >= 15 is 0 Å². The van der Waals surface area contributed by atoms with Crippen molar-refractivity contribution in [2.24, 2.45) is 0 Å². The van der Waals surface area contributed by atoms with Crippen molar-refractivity contribution >= 4 is 0 Å². The molecule has 1 saturated heterocycles. The Morgan fingerprint density at radius 1 is 1.56 bits per heavy atom. The molecule has 2 heteroatoms. The summed E-state index contributed by atoms with van der Waals surface area (Å²) >= 11 is 0. The molecule has 1 fully saturated rings. The Morgan fingerprint density at radius 2 is 2.39 bits per heavy atom. The number of ether oxygens (including phenoxy) is 2. The largest absolute Gasteiger partial charge is 0.370 e. The van der Waals surface area contributed by atoms with Crippen LogP contribution in [0.3, 0.4) is 0 Å². The van der Waals surface area contributed by atoms with Crippen molar-refractivity contribution in [2.45, 2.75) is 37.9 Å². The van der Waals surface area contributed by atoms with Crippen LogP contribution in [-0.2, 0) is 21.5 Å². The Balaban J connectivity index is 2.05. The van der Waals surface area contributed by atoms with Crippen molar-refractivity contribution in [1.29, 1.82) is 0 Å². The van der Waals surface area contributed by atoms with Crippen molar-refractivity contribution in [3.8, 4) is 12.3 Å². The fourth-order valence-electron chi connectivity index (χ4n) is 3.04. The van der Waals surface area contributed by atoms with Crippen LogP contribution < -0.4 is 0 Å². The highest BCUT2D eigenvalue weighted by atomic mass is 16.6. The Labute approximate surface area is 108 Å². The van der Waals surface area contributed by atoms with Crippen molar-refractivity contribution in [3.63, 3.8) is 0 Å². The third-order valence-corrected chi connectivity index (χ3v) is 3.98. The molecule has 1 heterocycles. The van der Waals surface area contributed by atoms with Crippen LogP contribution in [0.2, 0.25) is 0 Å². The summed E-state index contributed by atoms with van der Waals surface area (Å²) in [5, 5.41) is 0. The molecule has 2 aliphatic rings. The van der Waals surface area contributed by atoms with Gasteiger partial charge in [0.05, 0.1) is 6.61 Å². The molecular weight excluding hydrogens is 224 g/mol. The highest BCUT2D eigenvalue weighted by molar-refractivity contribution is 5.40. The van der Waals surface area contributed by atoms with Gasteiger partial charge in [0.1, 0.15) is 18.3 Å². The number of fused-ring (bicyclic) bond motifs is 1. The molecule has 0 spiro atoms.